The Morgan fingerprint density at radius 2 is 1.74 bits per heavy atom. The number of aromatic nitrogens is 2. The van der Waals surface area contributed by atoms with Gasteiger partial charge >= 0.3 is 6.18 Å². The number of benzene rings is 2. The van der Waals surface area contributed by atoms with Crippen LogP contribution in [-0.2, 0) is 12.6 Å². The molecule has 0 saturated heterocycles. The maximum Gasteiger partial charge on any atom is 0.416 e. The summed E-state index contributed by atoms with van der Waals surface area (Å²) in [6.07, 6.45) is 0.0999. The average Bonchev–Trinajstić information content (AvgIpc) is 3.44. The number of carbonyl (C=O) groups excluding carboxylic acids is 1. The quantitative estimate of drug-likeness (QED) is 0.385. The predicted octanol–water partition coefficient (Wildman–Crippen LogP) is 5.95. The number of aldehydes is 1. The van der Waals surface area contributed by atoms with Crippen LogP contribution in [0.15, 0.2) is 71.4 Å². The standard InChI is InChI=1S/C12H11F3N2S.C10H7NO2/c1-16-11-17-7-10(18-11)6-8-2-4-9(5-3-8)12(13,14)15;12-7-9-6-11-10(13-9)8-4-2-1-3-5-8/h2-5,7H,6H2,1H3,(H,16,17);1-7H. The minimum atomic E-state index is -4.28. The third kappa shape index (κ3) is 6.26. The molecule has 1 N–H and O–H groups in total. The molecule has 0 bridgehead atoms. The fourth-order valence-corrected chi connectivity index (χ4v) is 3.37. The van der Waals surface area contributed by atoms with Crippen molar-refractivity contribution in [2.24, 2.45) is 0 Å². The van der Waals surface area contributed by atoms with Gasteiger partial charge in [0.25, 0.3) is 0 Å². The molecule has 0 spiro atoms. The lowest BCUT2D eigenvalue weighted by Gasteiger charge is -2.06. The smallest absolute Gasteiger partial charge is 0.416 e. The number of thiazole rings is 1. The molecule has 0 fully saturated rings. The second-order valence-electron chi connectivity index (χ2n) is 6.30. The largest absolute Gasteiger partial charge is 0.433 e. The van der Waals surface area contributed by atoms with Gasteiger partial charge in [-0.2, -0.15) is 13.2 Å². The highest BCUT2D eigenvalue weighted by atomic mass is 32.1. The van der Waals surface area contributed by atoms with Gasteiger partial charge in [0.1, 0.15) is 0 Å². The van der Waals surface area contributed by atoms with E-state index in [0.29, 0.717) is 18.6 Å². The number of rotatable bonds is 5. The summed E-state index contributed by atoms with van der Waals surface area (Å²) in [6.45, 7) is 0. The van der Waals surface area contributed by atoms with E-state index in [0.717, 1.165) is 33.3 Å². The monoisotopic (exact) mass is 445 g/mol. The molecule has 5 nitrogen and oxygen atoms in total. The summed E-state index contributed by atoms with van der Waals surface area (Å²) in [5.74, 6) is 0.724. The normalized spacial score (nSPS) is 10.8. The average molecular weight is 445 g/mol. The number of anilines is 1. The minimum absolute atomic E-state index is 0.249. The molecule has 2 aromatic heterocycles. The summed E-state index contributed by atoms with van der Waals surface area (Å²) in [7, 11) is 1.78. The zero-order valence-corrected chi connectivity index (χ0v) is 17.2. The van der Waals surface area contributed by atoms with Crippen molar-refractivity contribution in [1.82, 2.24) is 9.97 Å². The Labute approximate surface area is 180 Å². The predicted molar refractivity (Wildman–Crippen MR) is 113 cm³/mol. The van der Waals surface area contributed by atoms with E-state index in [1.165, 1.54) is 29.7 Å². The molecule has 2 aromatic carbocycles. The zero-order chi connectivity index (χ0) is 22.3. The molecule has 0 aliphatic rings. The molecule has 4 rings (SSSR count). The summed E-state index contributed by atoms with van der Waals surface area (Å²) < 4.78 is 42.3. The van der Waals surface area contributed by atoms with Crippen LogP contribution in [0.25, 0.3) is 11.5 Å². The van der Waals surface area contributed by atoms with Gasteiger partial charge in [-0.1, -0.05) is 30.3 Å². The van der Waals surface area contributed by atoms with Crippen LogP contribution >= 0.6 is 11.3 Å². The van der Waals surface area contributed by atoms with Crippen molar-refractivity contribution in [3.05, 3.63) is 88.8 Å². The summed E-state index contributed by atoms with van der Waals surface area (Å²) in [6, 6.07) is 14.7. The molecule has 0 amide bonds. The van der Waals surface area contributed by atoms with Gasteiger partial charge in [0.2, 0.25) is 5.89 Å². The molecule has 31 heavy (non-hydrogen) atoms. The number of alkyl halides is 3. The van der Waals surface area contributed by atoms with Gasteiger partial charge in [0.15, 0.2) is 17.2 Å². The van der Waals surface area contributed by atoms with Crippen LogP contribution in [0.1, 0.15) is 26.6 Å². The lowest BCUT2D eigenvalue weighted by Crippen LogP contribution is -2.04. The highest BCUT2D eigenvalue weighted by Gasteiger charge is 2.29. The molecule has 0 aliphatic carbocycles. The first kappa shape index (κ1) is 22.2. The third-order valence-corrected chi connectivity index (χ3v) is 5.10. The number of nitrogens with one attached hydrogen (secondary N) is 1. The first-order chi connectivity index (χ1) is 14.9. The molecule has 2 heterocycles. The summed E-state index contributed by atoms with van der Waals surface area (Å²) >= 11 is 1.49. The van der Waals surface area contributed by atoms with Gasteiger partial charge in [-0.15, -0.1) is 11.3 Å². The molecule has 0 saturated carbocycles. The molecule has 160 valence electrons. The van der Waals surface area contributed by atoms with E-state index in [1.807, 2.05) is 30.3 Å². The summed E-state index contributed by atoms with van der Waals surface area (Å²) in [5.41, 5.74) is 1.09. The lowest BCUT2D eigenvalue weighted by molar-refractivity contribution is -0.137. The third-order valence-electron chi connectivity index (χ3n) is 4.09. The number of carbonyl (C=O) groups is 1. The first-order valence-electron chi connectivity index (χ1n) is 9.14. The summed E-state index contributed by atoms with van der Waals surface area (Å²) in [4.78, 5) is 19.4. The second kappa shape index (κ2) is 10.0. The van der Waals surface area contributed by atoms with Gasteiger partial charge in [-0.3, -0.25) is 4.79 Å². The van der Waals surface area contributed by atoms with Crippen LogP contribution < -0.4 is 5.32 Å². The van der Waals surface area contributed by atoms with Gasteiger partial charge in [0, 0.05) is 30.1 Å². The van der Waals surface area contributed by atoms with E-state index in [2.05, 4.69) is 15.3 Å². The Morgan fingerprint density at radius 3 is 2.29 bits per heavy atom. The Kier molecular flexibility index (Phi) is 7.19. The van der Waals surface area contributed by atoms with Gasteiger partial charge in [-0.25, -0.2) is 9.97 Å². The van der Waals surface area contributed by atoms with Crippen LogP contribution in [-0.4, -0.2) is 23.3 Å². The van der Waals surface area contributed by atoms with Crippen molar-refractivity contribution in [1.29, 1.82) is 0 Å². The highest BCUT2D eigenvalue weighted by molar-refractivity contribution is 7.15. The SMILES string of the molecule is CNc1ncc(Cc2ccc(C(F)(F)F)cc2)s1.O=Cc1cnc(-c2ccccc2)o1. The molecule has 0 radical (unpaired) electrons. The molecule has 4 aromatic rings. The van der Waals surface area contributed by atoms with E-state index in [1.54, 1.807) is 13.2 Å². The van der Waals surface area contributed by atoms with Crippen molar-refractivity contribution in [2.45, 2.75) is 12.6 Å². The van der Waals surface area contributed by atoms with Crippen molar-refractivity contribution in [3.63, 3.8) is 0 Å². The Hall–Kier alpha value is -3.46. The second-order valence-corrected chi connectivity index (χ2v) is 7.42. The summed E-state index contributed by atoms with van der Waals surface area (Å²) in [5, 5.41) is 3.72. The van der Waals surface area contributed by atoms with Crippen LogP contribution in [0.4, 0.5) is 18.3 Å². The first-order valence-corrected chi connectivity index (χ1v) is 9.95. The molecule has 0 atom stereocenters. The maximum atomic E-state index is 12.4. The van der Waals surface area contributed by atoms with E-state index < -0.39 is 11.7 Å². The van der Waals surface area contributed by atoms with Crippen molar-refractivity contribution < 1.29 is 22.4 Å². The van der Waals surface area contributed by atoms with Crippen molar-refractivity contribution in [3.8, 4) is 11.5 Å². The lowest BCUT2D eigenvalue weighted by atomic mass is 10.1. The number of oxazole rings is 1. The van der Waals surface area contributed by atoms with Gasteiger partial charge < -0.3 is 9.73 Å². The van der Waals surface area contributed by atoms with E-state index in [9.17, 15) is 18.0 Å². The van der Waals surface area contributed by atoms with E-state index in [4.69, 9.17) is 4.42 Å². The Bertz CT molecular complexity index is 1110. The van der Waals surface area contributed by atoms with Crippen LogP contribution in [0.3, 0.4) is 0 Å². The van der Waals surface area contributed by atoms with Gasteiger partial charge in [0.05, 0.1) is 11.8 Å². The number of nitrogens with zero attached hydrogens (tertiary/aromatic N) is 2. The number of hydrogen-bond acceptors (Lipinski definition) is 6. The molecule has 0 unspecified atom stereocenters. The molecular weight excluding hydrogens is 427 g/mol. The Balaban J connectivity index is 0.000000185. The maximum absolute atomic E-state index is 12.4. The van der Waals surface area contributed by atoms with E-state index in [-0.39, 0.29) is 5.76 Å². The number of hydrogen-bond donors (Lipinski definition) is 1. The zero-order valence-electron chi connectivity index (χ0n) is 16.4. The number of halogens is 3. The van der Waals surface area contributed by atoms with Crippen LogP contribution in [0.2, 0.25) is 0 Å². The van der Waals surface area contributed by atoms with E-state index >= 15 is 0 Å². The van der Waals surface area contributed by atoms with Crippen molar-refractivity contribution >= 4 is 22.8 Å². The molecular formula is C22H18F3N3O2S. The fraction of sp³-hybridized carbons (Fsp3) is 0.136. The molecule has 0 aliphatic heterocycles. The minimum Gasteiger partial charge on any atom is -0.433 e. The van der Waals surface area contributed by atoms with Crippen LogP contribution in [0.5, 0.6) is 0 Å². The van der Waals surface area contributed by atoms with Crippen molar-refractivity contribution in [2.75, 3.05) is 12.4 Å². The van der Waals surface area contributed by atoms with Gasteiger partial charge in [-0.05, 0) is 29.8 Å². The molecule has 9 heteroatoms. The fourth-order valence-electron chi connectivity index (χ4n) is 2.57. The van der Waals surface area contributed by atoms with Crippen LogP contribution in [0, 0.1) is 0 Å². The Morgan fingerprint density at radius 1 is 1.03 bits per heavy atom. The highest BCUT2D eigenvalue weighted by Crippen LogP contribution is 2.29. The topological polar surface area (TPSA) is 68.0 Å².